The summed E-state index contributed by atoms with van der Waals surface area (Å²) in [6.07, 6.45) is 5.01. The first-order valence-electron chi connectivity index (χ1n) is 8.18. The minimum Gasteiger partial charge on any atom is -0.503 e. The SMILES string of the molecule is CC(C)CC(=O)C1=C(O)C(=O)N(Cc2ccco2)C1c1cccnc1. The number of nitrogens with zero attached hydrogens (tertiary/aromatic N) is 2. The predicted octanol–water partition coefficient (Wildman–Crippen LogP) is 3.19. The van der Waals surface area contributed by atoms with E-state index in [9.17, 15) is 14.7 Å². The first kappa shape index (κ1) is 17.0. The van der Waals surface area contributed by atoms with Crippen molar-refractivity contribution in [1.29, 1.82) is 0 Å². The van der Waals surface area contributed by atoms with Crippen molar-refractivity contribution in [2.24, 2.45) is 5.92 Å². The summed E-state index contributed by atoms with van der Waals surface area (Å²) in [5.74, 6) is -0.579. The van der Waals surface area contributed by atoms with Crippen molar-refractivity contribution < 1.29 is 19.1 Å². The highest BCUT2D eigenvalue weighted by Crippen LogP contribution is 2.39. The Kier molecular flexibility index (Phi) is 4.70. The molecule has 6 nitrogen and oxygen atoms in total. The molecule has 130 valence electrons. The molecular weight excluding hydrogens is 320 g/mol. The van der Waals surface area contributed by atoms with E-state index in [0.717, 1.165) is 0 Å². The van der Waals surface area contributed by atoms with Crippen molar-refractivity contribution in [1.82, 2.24) is 9.88 Å². The molecule has 0 radical (unpaired) electrons. The highest BCUT2D eigenvalue weighted by molar-refractivity contribution is 6.08. The monoisotopic (exact) mass is 340 g/mol. The van der Waals surface area contributed by atoms with E-state index in [2.05, 4.69) is 4.98 Å². The predicted molar refractivity (Wildman–Crippen MR) is 90.4 cm³/mol. The molecule has 3 rings (SSSR count). The molecule has 0 aliphatic carbocycles. The normalized spacial score (nSPS) is 17.6. The van der Waals surface area contributed by atoms with E-state index in [4.69, 9.17) is 4.42 Å². The Balaban J connectivity index is 2.02. The zero-order valence-electron chi connectivity index (χ0n) is 14.2. The van der Waals surface area contributed by atoms with E-state index in [1.807, 2.05) is 13.8 Å². The van der Waals surface area contributed by atoms with Gasteiger partial charge in [0.1, 0.15) is 5.76 Å². The van der Waals surface area contributed by atoms with Gasteiger partial charge in [-0.2, -0.15) is 0 Å². The van der Waals surface area contributed by atoms with Crippen LogP contribution >= 0.6 is 0 Å². The molecule has 1 aliphatic rings. The van der Waals surface area contributed by atoms with E-state index in [1.165, 1.54) is 11.2 Å². The maximum atomic E-state index is 12.7. The van der Waals surface area contributed by atoms with Gasteiger partial charge in [-0.3, -0.25) is 14.6 Å². The van der Waals surface area contributed by atoms with Crippen LogP contribution in [-0.4, -0.2) is 26.7 Å². The molecule has 1 aliphatic heterocycles. The van der Waals surface area contributed by atoms with Gasteiger partial charge >= 0.3 is 0 Å². The molecule has 3 heterocycles. The number of carbonyl (C=O) groups is 2. The van der Waals surface area contributed by atoms with Crippen LogP contribution in [-0.2, 0) is 16.1 Å². The largest absolute Gasteiger partial charge is 0.503 e. The number of hydrogen-bond acceptors (Lipinski definition) is 5. The number of furan rings is 1. The minimum absolute atomic E-state index is 0.122. The van der Waals surface area contributed by atoms with E-state index in [-0.39, 0.29) is 30.2 Å². The molecule has 0 saturated carbocycles. The number of pyridine rings is 1. The van der Waals surface area contributed by atoms with Gasteiger partial charge in [-0.25, -0.2) is 0 Å². The van der Waals surface area contributed by atoms with Crippen molar-refractivity contribution in [3.63, 3.8) is 0 Å². The topological polar surface area (TPSA) is 83.6 Å². The van der Waals surface area contributed by atoms with Gasteiger partial charge in [0.15, 0.2) is 11.5 Å². The van der Waals surface area contributed by atoms with E-state index >= 15 is 0 Å². The number of rotatable bonds is 6. The lowest BCUT2D eigenvalue weighted by atomic mass is 9.93. The summed E-state index contributed by atoms with van der Waals surface area (Å²) in [5, 5.41) is 10.4. The highest BCUT2D eigenvalue weighted by atomic mass is 16.3. The van der Waals surface area contributed by atoms with Crippen molar-refractivity contribution in [3.8, 4) is 0 Å². The molecule has 0 saturated heterocycles. The Hall–Kier alpha value is -2.89. The van der Waals surface area contributed by atoms with Crippen LogP contribution in [0.4, 0.5) is 0 Å². The average Bonchev–Trinajstić information content (AvgIpc) is 3.17. The van der Waals surface area contributed by atoms with Crippen molar-refractivity contribution in [2.45, 2.75) is 32.9 Å². The summed E-state index contributed by atoms with van der Waals surface area (Å²) in [6, 6.07) is 6.34. The molecular formula is C19H20N2O4. The van der Waals surface area contributed by atoms with E-state index in [0.29, 0.717) is 11.3 Å². The number of aromatic nitrogens is 1. The summed E-state index contributed by atoms with van der Waals surface area (Å²) in [5.41, 5.74) is 0.816. The standard InChI is InChI=1S/C19H20N2O4/c1-12(2)9-15(22)16-17(13-5-3-7-20-10-13)21(19(24)18(16)23)11-14-6-4-8-25-14/h3-8,10,12,17,23H,9,11H2,1-2H3. The van der Waals surface area contributed by atoms with Crippen LogP contribution in [0.2, 0.25) is 0 Å². The lowest BCUT2D eigenvalue weighted by Gasteiger charge is -2.26. The number of aliphatic hydroxyl groups is 1. The van der Waals surface area contributed by atoms with Crippen molar-refractivity contribution in [2.75, 3.05) is 0 Å². The van der Waals surface area contributed by atoms with Crippen LogP contribution in [0, 0.1) is 5.92 Å². The van der Waals surface area contributed by atoms with Crippen LogP contribution in [0.1, 0.15) is 37.6 Å². The van der Waals surface area contributed by atoms with E-state index in [1.54, 1.807) is 36.7 Å². The quantitative estimate of drug-likeness (QED) is 0.873. The Morgan fingerprint density at radius 3 is 2.76 bits per heavy atom. The molecule has 2 aromatic heterocycles. The van der Waals surface area contributed by atoms with Gasteiger partial charge in [0.25, 0.3) is 5.91 Å². The second kappa shape index (κ2) is 6.93. The first-order valence-corrected chi connectivity index (χ1v) is 8.18. The summed E-state index contributed by atoms with van der Waals surface area (Å²) in [6.45, 7) is 4.01. The molecule has 1 N–H and O–H groups in total. The third-order valence-electron chi connectivity index (χ3n) is 4.10. The van der Waals surface area contributed by atoms with Gasteiger partial charge in [0, 0.05) is 18.8 Å². The summed E-state index contributed by atoms with van der Waals surface area (Å²) in [4.78, 5) is 30.9. The zero-order chi connectivity index (χ0) is 18.0. The maximum Gasteiger partial charge on any atom is 0.290 e. The van der Waals surface area contributed by atoms with Gasteiger partial charge in [0.05, 0.1) is 24.4 Å². The zero-order valence-corrected chi connectivity index (χ0v) is 14.2. The first-order chi connectivity index (χ1) is 12.0. The highest BCUT2D eigenvalue weighted by Gasteiger charge is 2.43. The molecule has 2 aromatic rings. The van der Waals surface area contributed by atoms with Gasteiger partial charge in [-0.15, -0.1) is 0 Å². The Morgan fingerprint density at radius 1 is 1.36 bits per heavy atom. The van der Waals surface area contributed by atoms with Crippen LogP contribution in [0.3, 0.4) is 0 Å². The second-order valence-electron chi connectivity index (χ2n) is 6.48. The number of ketones is 1. The van der Waals surface area contributed by atoms with Crippen LogP contribution in [0.5, 0.6) is 0 Å². The molecule has 1 amide bonds. The van der Waals surface area contributed by atoms with Crippen LogP contribution in [0.25, 0.3) is 0 Å². The lowest BCUT2D eigenvalue weighted by molar-refractivity contribution is -0.130. The smallest absolute Gasteiger partial charge is 0.290 e. The Morgan fingerprint density at radius 2 is 2.16 bits per heavy atom. The van der Waals surface area contributed by atoms with Crippen molar-refractivity contribution >= 4 is 11.7 Å². The average molecular weight is 340 g/mol. The van der Waals surface area contributed by atoms with Gasteiger partial charge in [-0.1, -0.05) is 19.9 Å². The molecule has 1 unspecified atom stereocenters. The summed E-state index contributed by atoms with van der Waals surface area (Å²) in [7, 11) is 0. The van der Waals surface area contributed by atoms with Gasteiger partial charge < -0.3 is 14.4 Å². The number of hydrogen-bond donors (Lipinski definition) is 1. The number of carbonyl (C=O) groups excluding carboxylic acids is 2. The van der Waals surface area contributed by atoms with Crippen LogP contribution in [0.15, 0.2) is 58.7 Å². The van der Waals surface area contributed by atoms with E-state index < -0.39 is 17.7 Å². The summed E-state index contributed by atoms with van der Waals surface area (Å²) < 4.78 is 5.33. The number of Topliss-reactive ketones (excluding diaryl/α,β-unsaturated/α-hetero) is 1. The minimum atomic E-state index is -0.669. The van der Waals surface area contributed by atoms with Gasteiger partial charge in [0.2, 0.25) is 0 Å². The second-order valence-corrected chi connectivity index (χ2v) is 6.48. The molecule has 0 fully saturated rings. The third kappa shape index (κ3) is 3.33. The third-order valence-corrected chi connectivity index (χ3v) is 4.10. The van der Waals surface area contributed by atoms with Gasteiger partial charge in [-0.05, 0) is 29.7 Å². The van der Waals surface area contributed by atoms with Crippen molar-refractivity contribution in [3.05, 3.63) is 65.6 Å². The fourth-order valence-electron chi connectivity index (χ4n) is 3.04. The Bertz CT molecular complexity index is 794. The fraction of sp³-hybridized carbons (Fsp3) is 0.316. The maximum absolute atomic E-state index is 12.7. The molecule has 0 aromatic carbocycles. The number of aliphatic hydroxyl groups excluding tert-OH is 1. The number of amides is 1. The molecule has 0 spiro atoms. The molecule has 1 atom stereocenters. The fourth-order valence-corrected chi connectivity index (χ4v) is 3.04. The summed E-state index contributed by atoms with van der Waals surface area (Å²) >= 11 is 0. The Labute approximate surface area is 145 Å². The molecule has 0 bridgehead atoms. The van der Waals surface area contributed by atoms with Crippen LogP contribution < -0.4 is 0 Å². The molecule has 6 heteroatoms. The molecule has 25 heavy (non-hydrogen) atoms. The lowest BCUT2D eigenvalue weighted by Crippen LogP contribution is -2.30.